The first-order valence-corrected chi connectivity index (χ1v) is 7.32. The third-order valence-electron chi connectivity index (χ3n) is 3.22. The fraction of sp³-hybridized carbons (Fsp3) is 0.188. The SMILES string of the molecule is C[C@@H](NCc1ccc2ccccc2n1)c1cccs1. The molecule has 1 atom stereocenters. The first kappa shape index (κ1) is 12.3. The smallest absolute Gasteiger partial charge is 0.0705 e. The maximum absolute atomic E-state index is 4.67. The van der Waals surface area contributed by atoms with Gasteiger partial charge >= 0.3 is 0 Å². The molecule has 0 amide bonds. The molecule has 0 saturated heterocycles. The number of hydrogen-bond acceptors (Lipinski definition) is 3. The van der Waals surface area contributed by atoms with E-state index < -0.39 is 0 Å². The minimum atomic E-state index is 0.369. The lowest BCUT2D eigenvalue weighted by molar-refractivity contribution is 0.576. The van der Waals surface area contributed by atoms with Gasteiger partial charge in [0.25, 0.3) is 0 Å². The summed E-state index contributed by atoms with van der Waals surface area (Å²) >= 11 is 1.79. The summed E-state index contributed by atoms with van der Waals surface area (Å²) in [4.78, 5) is 6.03. The fourth-order valence-corrected chi connectivity index (χ4v) is 2.86. The van der Waals surface area contributed by atoms with Crippen molar-refractivity contribution in [2.45, 2.75) is 19.5 Å². The van der Waals surface area contributed by atoms with Gasteiger partial charge in [0.05, 0.1) is 11.2 Å². The fourth-order valence-electron chi connectivity index (χ4n) is 2.10. The number of aromatic nitrogens is 1. The van der Waals surface area contributed by atoms with E-state index in [1.54, 1.807) is 11.3 Å². The van der Waals surface area contributed by atoms with Crippen molar-refractivity contribution in [2.75, 3.05) is 0 Å². The summed E-state index contributed by atoms with van der Waals surface area (Å²) in [7, 11) is 0. The zero-order chi connectivity index (χ0) is 13.1. The summed E-state index contributed by atoms with van der Waals surface area (Å²) < 4.78 is 0. The summed E-state index contributed by atoms with van der Waals surface area (Å²) in [6.45, 7) is 2.98. The zero-order valence-corrected chi connectivity index (χ0v) is 11.7. The first-order chi connectivity index (χ1) is 9.33. The summed E-state index contributed by atoms with van der Waals surface area (Å²) in [5, 5.41) is 6.82. The Bertz CT molecular complexity index is 661. The highest BCUT2D eigenvalue weighted by Gasteiger charge is 2.06. The number of thiophene rings is 1. The van der Waals surface area contributed by atoms with Gasteiger partial charge in [-0.3, -0.25) is 4.98 Å². The molecule has 2 heterocycles. The first-order valence-electron chi connectivity index (χ1n) is 6.44. The average Bonchev–Trinajstić information content (AvgIpc) is 2.99. The minimum absolute atomic E-state index is 0.369. The second-order valence-electron chi connectivity index (χ2n) is 4.61. The largest absolute Gasteiger partial charge is 0.304 e. The molecule has 0 bridgehead atoms. The molecular formula is C16H16N2S. The lowest BCUT2D eigenvalue weighted by Crippen LogP contribution is -2.17. The van der Waals surface area contributed by atoms with E-state index in [4.69, 9.17) is 0 Å². The third-order valence-corrected chi connectivity index (χ3v) is 4.27. The predicted molar refractivity (Wildman–Crippen MR) is 81.3 cm³/mol. The molecule has 1 aromatic carbocycles. The van der Waals surface area contributed by atoms with E-state index in [2.05, 4.69) is 59.0 Å². The molecule has 0 aliphatic carbocycles. The molecule has 19 heavy (non-hydrogen) atoms. The molecular weight excluding hydrogens is 252 g/mol. The molecule has 0 aliphatic rings. The van der Waals surface area contributed by atoms with Gasteiger partial charge in [-0.05, 0) is 30.5 Å². The van der Waals surface area contributed by atoms with Crippen molar-refractivity contribution in [2.24, 2.45) is 0 Å². The van der Waals surface area contributed by atoms with Crippen LogP contribution in [-0.4, -0.2) is 4.98 Å². The van der Waals surface area contributed by atoms with Crippen LogP contribution in [0.2, 0.25) is 0 Å². The van der Waals surface area contributed by atoms with Crippen LogP contribution >= 0.6 is 11.3 Å². The number of benzene rings is 1. The normalized spacial score (nSPS) is 12.7. The Hall–Kier alpha value is -1.71. The molecule has 0 fully saturated rings. The Morgan fingerprint density at radius 1 is 1.11 bits per heavy atom. The second kappa shape index (κ2) is 5.51. The Morgan fingerprint density at radius 3 is 2.84 bits per heavy atom. The van der Waals surface area contributed by atoms with Crippen LogP contribution in [0.1, 0.15) is 23.5 Å². The third kappa shape index (κ3) is 2.83. The Balaban J connectivity index is 1.71. The Labute approximate surface area is 117 Å². The molecule has 3 aromatic rings. The van der Waals surface area contributed by atoms with E-state index in [1.807, 2.05) is 12.1 Å². The van der Waals surface area contributed by atoms with Crippen molar-refractivity contribution < 1.29 is 0 Å². The molecule has 96 valence electrons. The van der Waals surface area contributed by atoms with Gasteiger partial charge in [-0.1, -0.05) is 30.3 Å². The minimum Gasteiger partial charge on any atom is -0.304 e. The number of para-hydroxylation sites is 1. The topological polar surface area (TPSA) is 24.9 Å². The van der Waals surface area contributed by atoms with E-state index in [0.29, 0.717) is 6.04 Å². The molecule has 3 rings (SSSR count). The number of nitrogens with zero attached hydrogens (tertiary/aromatic N) is 1. The van der Waals surface area contributed by atoms with Crippen molar-refractivity contribution in [3.8, 4) is 0 Å². The standard InChI is InChI=1S/C16H16N2S/c1-12(16-7-4-10-19-16)17-11-14-9-8-13-5-2-3-6-15(13)18-14/h2-10,12,17H,11H2,1H3/t12-/m1/s1. The van der Waals surface area contributed by atoms with E-state index in [-0.39, 0.29) is 0 Å². The van der Waals surface area contributed by atoms with Crippen LogP contribution in [0.3, 0.4) is 0 Å². The molecule has 0 spiro atoms. The van der Waals surface area contributed by atoms with Crippen molar-refractivity contribution in [1.82, 2.24) is 10.3 Å². The molecule has 1 N–H and O–H groups in total. The van der Waals surface area contributed by atoms with Crippen molar-refractivity contribution in [3.05, 3.63) is 64.5 Å². The van der Waals surface area contributed by atoms with Gasteiger partial charge < -0.3 is 5.32 Å². The second-order valence-corrected chi connectivity index (χ2v) is 5.59. The monoisotopic (exact) mass is 268 g/mol. The van der Waals surface area contributed by atoms with Gasteiger partial charge in [0.2, 0.25) is 0 Å². The number of hydrogen-bond donors (Lipinski definition) is 1. The van der Waals surface area contributed by atoms with E-state index in [9.17, 15) is 0 Å². The molecule has 3 heteroatoms. The van der Waals surface area contributed by atoms with E-state index in [1.165, 1.54) is 10.3 Å². The molecule has 0 aliphatic heterocycles. The van der Waals surface area contributed by atoms with Crippen LogP contribution in [0, 0.1) is 0 Å². The quantitative estimate of drug-likeness (QED) is 0.769. The molecule has 2 aromatic heterocycles. The van der Waals surface area contributed by atoms with Gasteiger partial charge in [0.15, 0.2) is 0 Å². The number of rotatable bonds is 4. The van der Waals surface area contributed by atoms with Crippen molar-refractivity contribution >= 4 is 22.2 Å². The zero-order valence-electron chi connectivity index (χ0n) is 10.8. The Kier molecular flexibility index (Phi) is 3.58. The van der Waals surface area contributed by atoms with E-state index in [0.717, 1.165) is 17.8 Å². The van der Waals surface area contributed by atoms with E-state index >= 15 is 0 Å². The van der Waals surface area contributed by atoms with Gasteiger partial charge in [0.1, 0.15) is 0 Å². The summed E-state index contributed by atoms with van der Waals surface area (Å²) in [6.07, 6.45) is 0. The van der Waals surface area contributed by atoms with Crippen LogP contribution in [0.5, 0.6) is 0 Å². The molecule has 0 saturated carbocycles. The highest BCUT2D eigenvalue weighted by Crippen LogP contribution is 2.18. The van der Waals surface area contributed by atoms with Crippen molar-refractivity contribution in [1.29, 1.82) is 0 Å². The number of nitrogens with one attached hydrogen (secondary N) is 1. The lowest BCUT2D eigenvalue weighted by atomic mass is 10.2. The predicted octanol–water partition coefficient (Wildman–Crippen LogP) is 4.15. The van der Waals surface area contributed by atoms with Gasteiger partial charge in [-0.2, -0.15) is 0 Å². The summed E-state index contributed by atoms with van der Waals surface area (Å²) in [5.41, 5.74) is 2.15. The number of fused-ring (bicyclic) bond motifs is 1. The maximum atomic E-state index is 4.67. The van der Waals surface area contributed by atoms with Gasteiger partial charge in [-0.15, -0.1) is 11.3 Å². The summed E-state index contributed by atoms with van der Waals surface area (Å²) in [6, 6.07) is 17.1. The van der Waals surface area contributed by atoms with Crippen LogP contribution in [0.4, 0.5) is 0 Å². The highest BCUT2D eigenvalue weighted by atomic mass is 32.1. The van der Waals surface area contributed by atoms with Crippen molar-refractivity contribution in [3.63, 3.8) is 0 Å². The van der Waals surface area contributed by atoms with Crippen LogP contribution in [0.25, 0.3) is 10.9 Å². The highest BCUT2D eigenvalue weighted by molar-refractivity contribution is 7.10. The van der Waals surface area contributed by atoms with Crippen LogP contribution < -0.4 is 5.32 Å². The maximum Gasteiger partial charge on any atom is 0.0705 e. The molecule has 2 nitrogen and oxygen atoms in total. The molecule has 0 unspecified atom stereocenters. The van der Waals surface area contributed by atoms with Gasteiger partial charge in [-0.25, -0.2) is 0 Å². The Morgan fingerprint density at radius 2 is 2.00 bits per heavy atom. The average molecular weight is 268 g/mol. The van der Waals surface area contributed by atoms with Crippen LogP contribution in [-0.2, 0) is 6.54 Å². The van der Waals surface area contributed by atoms with Crippen LogP contribution in [0.15, 0.2) is 53.9 Å². The number of pyridine rings is 1. The summed E-state index contributed by atoms with van der Waals surface area (Å²) in [5.74, 6) is 0. The molecule has 0 radical (unpaired) electrons. The lowest BCUT2D eigenvalue weighted by Gasteiger charge is -2.11. The van der Waals surface area contributed by atoms with Gasteiger partial charge in [0, 0.05) is 22.8 Å².